The quantitative estimate of drug-likeness (QED) is 0.737. The lowest BCUT2D eigenvalue weighted by Crippen LogP contribution is -2.15. The van der Waals surface area contributed by atoms with Gasteiger partial charge in [0.1, 0.15) is 11.6 Å². The number of hydrogen-bond donors (Lipinski definition) is 3. The fourth-order valence-corrected chi connectivity index (χ4v) is 2.70. The number of nitrogens with two attached hydrogens (primary N) is 1. The molecule has 6 heteroatoms. The molecule has 1 amide bonds. The van der Waals surface area contributed by atoms with Gasteiger partial charge in [-0.3, -0.25) is 5.32 Å². The van der Waals surface area contributed by atoms with Crippen LogP contribution in [0, 0.1) is 13.8 Å². The highest BCUT2D eigenvalue weighted by Crippen LogP contribution is 2.21. The molecular formula is C19H26N4O2. The number of carbonyl (C=O) groups is 1. The first kappa shape index (κ1) is 18.6. The van der Waals surface area contributed by atoms with E-state index in [9.17, 15) is 4.79 Å². The Labute approximate surface area is 148 Å². The zero-order valence-corrected chi connectivity index (χ0v) is 15.3. The number of hydrogen-bond acceptors (Lipinski definition) is 5. The lowest BCUT2D eigenvalue weighted by molar-refractivity contribution is 0.168. The summed E-state index contributed by atoms with van der Waals surface area (Å²) in [6.07, 6.45) is 0.488. The van der Waals surface area contributed by atoms with Crippen LogP contribution in [0.5, 0.6) is 0 Å². The molecule has 0 aliphatic heterocycles. The van der Waals surface area contributed by atoms with E-state index < -0.39 is 6.09 Å². The summed E-state index contributed by atoms with van der Waals surface area (Å²) in [6.45, 7) is 9.11. The van der Waals surface area contributed by atoms with E-state index in [1.807, 2.05) is 0 Å². The number of amides is 1. The van der Waals surface area contributed by atoms with Crippen LogP contribution in [-0.2, 0) is 17.7 Å². The van der Waals surface area contributed by atoms with E-state index in [4.69, 9.17) is 10.5 Å². The summed E-state index contributed by atoms with van der Waals surface area (Å²) in [7, 11) is 0. The molecule has 0 radical (unpaired) electrons. The van der Waals surface area contributed by atoms with Gasteiger partial charge in [-0.25, -0.2) is 9.78 Å². The van der Waals surface area contributed by atoms with Crippen LogP contribution in [0.2, 0.25) is 0 Å². The van der Waals surface area contributed by atoms with Gasteiger partial charge in [-0.15, -0.1) is 0 Å². The second-order valence-corrected chi connectivity index (χ2v) is 5.89. The number of ether oxygens (including phenoxy) is 1. The van der Waals surface area contributed by atoms with E-state index in [-0.39, 0.29) is 5.82 Å². The molecule has 0 spiro atoms. The number of rotatable bonds is 6. The molecule has 0 atom stereocenters. The molecule has 0 saturated carbocycles. The van der Waals surface area contributed by atoms with Crippen molar-refractivity contribution in [1.82, 2.24) is 4.98 Å². The largest absolute Gasteiger partial charge is 0.450 e. The Bertz CT molecular complexity index is 736. The molecule has 0 aliphatic rings. The number of anilines is 3. The number of nitrogens with one attached hydrogen (secondary N) is 2. The SMILES string of the molecule is CCOC(=O)Nc1ccc(NCc2c(C)cc(CC)cc2C)nc1N. The molecule has 0 bridgehead atoms. The number of pyridine rings is 1. The number of carbonyl (C=O) groups excluding carboxylic acids is 1. The summed E-state index contributed by atoms with van der Waals surface area (Å²) in [5.74, 6) is 0.901. The first-order valence-electron chi connectivity index (χ1n) is 8.47. The zero-order chi connectivity index (χ0) is 18.4. The van der Waals surface area contributed by atoms with Crippen LogP contribution in [0.25, 0.3) is 0 Å². The smallest absolute Gasteiger partial charge is 0.411 e. The van der Waals surface area contributed by atoms with Crippen LogP contribution in [0.15, 0.2) is 24.3 Å². The Balaban J connectivity index is 2.07. The minimum atomic E-state index is -0.543. The van der Waals surface area contributed by atoms with E-state index in [1.165, 1.54) is 22.3 Å². The van der Waals surface area contributed by atoms with Crippen LogP contribution >= 0.6 is 0 Å². The average Bonchev–Trinajstić information content (AvgIpc) is 2.56. The molecule has 25 heavy (non-hydrogen) atoms. The van der Waals surface area contributed by atoms with Crippen molar-refractivity contribution in [2.24, 2.45) is 0 Å². The fraction of sp³-hybridized carbons (Fsp3) is 0.368. The van der Waals surface area contributed by atoms with Gasteiger partial charge in [-0.1, -0.05) is 19.1 Å². The van der Waals surface area contributed by atoms with E-state index in [2.05, 4.69) is 48.5 Å². The molecular weight excluding hydrogens is 316 g/mol. The predicted octanol–water partition coefficient (Wildman–Crippen LogP) is 4.02. The maximum Gasteiger partial charge on any atom is 0.411 e. The maximum atomic E-state index is 11.5. The number of nitrogen functional groups attached to an aromatic ring is 1. The molecule has 0 fully saturated rings. The van der Waals surface area contributed by atoms with Gasteiger partial charge in [0.25, 0.3) is 0 Å². The van der Waals surface area contributed by atoms with Gasteiger partial charge < -0.3 is 15.8 Å². The molecule has 134 valence electrons. The number of aryl methyl sites for hydroxylation is 3. The molecule has 2 rings (SSSR count). The van der Waals surface area contributed by atoms with Gasteiger partial charge >= 0.3 is 6.09 Å². The summed E-state index contributed by atoms with van der Waals surface area (Å²) >= 11 is 0. The Morgan fingerprint density at radius 3 is 2.44 bits per heavy atom. The van der Waals surface area contributed by atoms with Crippen molar-refractivity contribution in [3.05, 3.63) is 46.5 Å². The first-order valence-corrected chi connectivity index (χ1v) is 8.47. The molecule has 1 aromatic heterocycles. The summed E-state index contributed by atoms with van der Waals surface area (Å²) < 4.78 is 4.83. The Morgan fingerprint density at radius 2 is 1.88 bits per heavy atom. The van der Waals surface area contributed by atoms with Gasteiger partial charge in [0.05, 0.1) is 12.3 Å². The molecule has 1 aromatic carbocycles. The van der Waals surface area contributed by atoms with Crippen molar-refractivity contribution in [3.63, 3.8) is 0 Å². The maximum absolute atomic E-state index is 11.5. The van der Waals surface area contributed by atoms with Gasteiger partial charge in [0.15, 0.2) is 0 Å². The van der Waals surface area contributed by atoms with Crippen molar-refractivity contribution >= 4 is 23.4 Å². The minimum Gasteiger partial charge on any atom is -0.450 e. The fourth-order valence-electron chi connectivity index (χ4n) is 2.70. The van der Waals surface area contributed by atoms with Gasteiger partial charge in [-0.05, 0) is 61.6 Å². The molecule has 6 nitrogen and oxygen atoms in total. The first-order chi connectivity index (χ1) is 11.9. The lowest BCUT2D eigenvalue weighted by atomic mass is 9.98. The second kappa shape index (κ2) is 8.37. The van der Waals surface area contributed by atoms with Crippen molar-refractivity contribution in [2.45, 2.75) is 40.7 Å². The van der Waals surface area contributed by atoms with Gasteiger partial charge in [-0.2, -0.15) is 0 Å². The average molecular weight is 342 g/mol. The summed E-state index contributed by atoms with van der Waals surface area (Å²) in [6, 6.07) is 7.93. The summed E-state index contributed by atoms with van der Waals surface area (Å²) in [4.78, 5) is 15.7. The highest BCUT2D eigenvalue weighted by atomic mass is 16.5. The van der Waals surface area contributed by atoms with Crippen molar-refractivity contribution in [3.8, 4) is 0 Å². The Hall–Kier alpha value is -2.76. The molecule has 0 unspecified atom stereocenters. The number of aromatic nitrogens is 1. The van der Waals surface area contributed by atoms with E-state index in [0.717, 1.165) is 6.42 Å². The minimum absolute atomic E-state index is 0.243. The van der Waals surface area contributed by atoms with Crippen LogP contribution in [0.4, 0.5) is 22.1 Å². The van der Waals surface area contributed by atoms with E-state index >= 15 is 0 Å². The normalized spacial score (nSPS) is 10.4. The molecule has 1 heterocycles. The third-order valence-corrected chi connectivity index (χ3v) is 4.05. The molecule has 2 aromatic rings. The van der Waals surface area contributed by atoms with E-state index in [1.54, 1.807) is 19.1 Å². The third-order valence-electron chi connectivity index (χ3n) is 4.05. The Kier molecular flexibility index (Phi) is 6.22. The highest BCUT2D eigenvalue weighted by Gasteiger charge is 2.09. The number of benzene rings is 1. The third kappa shape index (κ3) is 4.86. The zero-order valence-electron chi connectivity index (χ0n) is 15.3. The number of nitrogens with zero attached hydrogens (tertiary/aromatic N) is 1. The standard InChI is InChI=1S/C19H26N4O2/c1-5-14-9-12(3)15(13(4)10-14)11-21-17-8-7-16(18(20)23-17)22-19(24)25-6-2/h7-10H,5-6,11H2,1-4H3,(H,22,24)(H3,20,21,23). The van der Waals surface area contributed by atoms with Gasteiger partial charge in [0, 0.05) is 6.54 Å². The summed E-state index contributed by atoms with van der Waals surface area (Å²) in [5, 5.41) is 5.86. The lowest BCUT2D eigenvalue weighted by Gasteiger charge is -2.14. The molecule has 0 saturated heterocycles. The van der Waals surface area contributed by atoms with Crippen LogP contribution in [-0.4, -0.2) is 17.7 Å². The monoisotopic (exact) mass is 342 g/mol. The van der Waals surface area contributed by atoms with Crippen molar-refractivity contribution < 1.29 is 9.53 Å². The van der Waals surface area contributed by atoms with Crippen LogP contribution < -0.4 is 16.4 Å². The molecule has 4 N–H and O–H groups in total. The van der Waals surface area contributed by atoms with Crippen molar-refractivity contribution in [1.29, 1.82) is 0 Å². The topological polar surface area (TPSA) is 89.3 Å². The van der Waals surface area contributed by atoms with Crippen LogP contribution in [0.1, 0.15) is 36.1 Å². The highest BCUT2D eigenvalue weighted by molar-refractivity contribution is 5.88. The predicted molar refractivity (Wildman–Crippen MR) is 102 cm³/mol. The van der Waals surface area contributed by atoms with Crippen molar-refractivity contribution in [2.75, 3.05) is 23.0 Å². The van der Waals surface area contributed by atoms with Gasteiger partial charge in [0.2, 0.25) is 0 Å². The molecule has 0 aliphatic carbocycles. The second-order valence-electron chi connectivity index (χ2n) is 5.89. The van der Waals surface area contributed by atoms with E-state index in [0.29, 0.717) is 24.7 Å². The van der Waals surface area contributed by atoms with Crippen LogP contribution in [0.3, 0.4) is 0 Å². The Morgan fingerprint density at radius 1 is 1.20 bits per heavy atom. The summed E-state index contributed by atoms with van der Waals surface area (Å²) in [5.41, 5.74) is 11.5.